The Morgan fingerprint density at radius 1 is 1.18 bits per heavy atom. The van der Waals surface area contributed by atoms with Gasteiger partial charge in [-0.1, -0.05) is 55.7 Å². The topological polar surface area (TPSA) is 23.5 Å². The van der Waals surface area contributed by atoms with Crippen LogP contribution in [0.5, 0.6) is 0 Å². The summed E-state index contributed by atoms with van der Waals surface area (Å²) < 4.78 is 0. The average Bonchev–Trinajstić information content (AvgIpc) is 2.55. The van der Waals surface area contributed by atoms with E-state index >= 15 is 0 Å². The second kappa shape index (κ2) is 7.43. The third kappa shape index (κ3) is 3.61. The van der Waals surface area contributed by atoms with Crippen molar-refractivity contribution in [2.45, 2.75) is 57.6 Å². The summed E-state index contributed by atoms with van der Waals surface area (Å²) in [6.07, 6.45) is 8.22. The standard InChI is InChI=1S/C20H31NO/c1-16(15-18-11-7-5-8-12-18)20(22,17(2)21(3)4)19-13-9-6-10-14-19/h5,7-8,11-12,15,17,19,22H,6,9-10,13-14H2,1-4H3/b16-15+. The van der Waals surface area contributed by atoms with Crippen molar-refractivity contribution in [3.63, 3.8) is 0 Å². The zero-order valence-electron chi connectivity index (χ0n) is 14.5. The Balaban J connectivity index is 2.36. The van der Waals surface area contributed by atoms with Crippen LogP contribution in [0.2, 0.25) is 0 Å². The lowest BCUT2D eigenvalue weighted by Gasteiger charge is -2.46. The maximum Gasteiger partial charge on any atom is 0.104 e. The highest BCUT2D eigenvalue weighted by Gasteiger charge is 2.44. The van der Waals surface area contributed by atoms with E-state index in [1.54, 1.807) is 0 Å². The predicted molar refractivity (Wildman–Crippen MR) is 94.8 cm³/mol. The smallest absolute Gasteiger partial charge is 0.104 e. The van der Waals surface area contributed by atoms with Crippen molar-refractivity contribution in [1.82, 2.24) is 4.90 Å². The van der Waals surface area contributed by atoms with Gasteiger partial charge < -0.3 is 10.0 Å². The minimum Gasteiger partial charge on any atom is -0.384 e. The summed E-state index contributed by atoms with van der Waals surface area (Å²) in [5.74, 6) is 0.360. The summed E-state index contributed by atoms with van der Waals surface area (Å²) >= 11 is 0. The molecule has 0 spiro atoms. The first-order valence-corrected chi connectivity index (χ1v) is 8.59. The minimum absolute atomic E-state index is 0.107. The molecular weight excluding hydrogens is 270 g/mol. The molecule has 0 aromatic heterocycles. The van der Waals surface area contributed by atoms with Gasteiger partial charge in [0, 0.05) is 6.04 Å². The van der Waals surface area contributed by atoms with Crippen LogP contribution in [-0.4, -0.2) is 35.7 Å². The second-order valence-corrected chi connectivity index (χ2v) is 7.04. The summed E-state index contributed by atoms with van der Waals surface area (Å²) in [6, 6.07) is 10.4. The van der Waals surface area contributed by atoms with E-state index in [-0.39, 0.29) is 6.04 Å². The molecule has 0 saturated heterocycles. The van der Waals surface area contributed by atoms with Gasteiger partial charge in [0.15, 0.2) is 0 Å². The molecular formula is C20H31NO. The molecule has 2 rings (SSSR count). The van der Waals surface area contributed by atoms with Gasteiger partial charge >= 0.3 is 0 Å². The van der Waals surface area contributed by atoms with Gasteiger partial charge in [-0.25, -0.2) is 0 Å². The van der Waals surface area contributed by atoms with Crippen LogP contribution in [-0.2, 0) is 0 Å². The monoisotopic (exact) mass is 301 g/mol. The maximum atomic E-state index is 11.7. The zero-order valence-corrected chi connectivity index (χ0v) is 14.5. The van der Waals surface area contributed by atoms with E-state index in [0.29, 0.717) is 5.92 Å². The zero-order chi connectivity index (χ0) is 16.2. The molecule has 1 aromatic carbocycles. The Kier molecular flexibility index (Phi) is 5.82. The van der Waals surface area contributed by atoms with Gasteiger partial charge in [0.2, 0.25) is 0 Å². The fraction of sp³-hybridized carbons (Fsp3) is 0.600. The van der Waals surface area contributed by atoms with E-state index in [9.17, 15) is 5.11 Å². The molecule has 0 aliphatic heterocycles. The van der Waals surface area contributed by atoms with E-state index in [4.69, 9.17) is 0 Å². The Hall–Kier alpha value is -1.12. The lowest BCUT2D eigenvalue weighted by Crippen LogP contribution is -2.54. The Labute approximate surface area is 135 Å². The number of benzene rings is 1. The van der Waals surface area contributed by atoms with Crippen molar-refractivity contribution >= 4 is 6.08 Å². The number of hydrogen-bond acceptors (Lipinski definition) is 2. The van der Waals surface area contributed by atoms with Crippen LogP contribution < -0.4 is 0 Å². The quantitative estimate of drug-likeness (QED) is 0.874. The van der Waals surface area contributed by atoms with Gasteiger partial charge in [-0.05, 0) is 57.8 Å². The van der Waals surface area contributed by atoms with Gasteiger partial charge in [-0.2, -0.15) is 0 Å². The molecule has 1 N–H and O–H groups in total. The molecule has 2 atom stereocenters. The fourth-order valence-electron chi connectivity index (χ4n) is 3.84. The summed E-state index contributed by atoms with van der Waals surface area (Å²) in [7, 11) is 4.13. The molecule has 1 aromatic rings. The first kappa shape index (κ1) is 17.2. The van der Waals surface area contributed by atoms with Crippen LogP contribution in [0, 0.1) is 5.92 Å². The van der Waals surface area contributed by atoms with Crippen LogP contribution in [0.1, 0.15) is 51.5 Å². The highest BCUT2D eigenvalue weighted by Crippen LogP contribution is 2.41. The summed E-state index contributed by atoms with van der Waals surface area (Å²) in [5.41, 5.74) is 1.51. The number of likely N-dealkylation sites (N-methyl/N-ethyl adjacent to an activating group) is 1. The Morgan fingerprint density at radius 3 is 2.32 bits per heavy atom. The fourth-order valence-corrected chi connectivity index (χ4v) is 3.84. The molecule has 0 heterocycles. The average molecular weight is 301 g/mol. The van der Waals surface area contributed by atoms with Crippen LogP contribution in [0.15, 0.2) is 35.9 Å². The minimum atomic E-state index is -0.750. The predicted octanol–water partition coefficient (Wildman–Crippen LogP) is 4.35. The molecule has 2 nitrogen and oxygen atoms in total. The molecule has 0 radical (unpaired) electrons. The molecule has 0 bridgehead atoms. The van der Waals surface area contributed by atoms with E-state index in [2.05, 4.69) is 51.1 Å². The lowest BCUT2D eigenvalue weighted by molar-refractivity contribution is -0.0533. The SMILES string of the molecule is C/C(=C\c1ccccc1)C(O)(C1CCCCC1)C(C)N(C)C. The number of rotatable bonds is 5. The summed E-state index contributed by atoms with van der Waals surface area (Å²) in [5, 5.41) is 11.7. The third-order valence-corrected chi connectivity index (χ3v) is 5.45. The summed E-state index contributed by atoms with van der Waals surface area (Å²) in [4.78, 5) is 2.15. The molecule has 0 amide bonds. The molecule has 2 heteroatoms. The first-order chi connectivity index (χ1) is 10.5. The normalized spacial score (nSPS) is 21.6. The van der Waals surface area contributed by atoms with Crippen molar-refractivity contribution in [3.05, 3.63) is 41.5 Å². The van der Waals surface area contributed by atoms with Crippen LogP contribution >= 0.6 is 0 Å². The summed E-state index contributed by atoms with van der Waals surface area (Å²) in [6.45, 7) is 4.25. The van der Waals surface area contributed by atoms with Crippen LogP contribution in [0.3, 0.4) is 0 Å². The van der Waals surface area contributed by atoms with Gasteiger partial charge in [0.1, 0.15) is 5.60 Å². The number of hydrogen-bond donors (Lipinski definition) is 1. The number of nitrogens with zero attached hydrogens (tertiary/aromatic N) is 1. The maximum absolute atomic E-state index is 11.7. The van der Waals surface area contributed by atoms with E-state index in [1.165, 1.54) is 24.8 Å². The third-order valence-electron chi connectivity index (χ3n) is 5.45. The van der Waals surface area contributed by atoms with Gasteiger partial charge in [0.05, 0.1) is 0 Å². The molecule has 1 saturated carbocycles. The molecule has 1 aliphatic carbocycles. The van der Waals surface area contributed by atoms with Crippen molar-refractivity contribution in [1.29, 1.82) is 0 Å². The number of aliphatic hydroxyl groups is 1. The second-order valence-electron chi connectivity index (χ2n) is 7.04. The molecule has 1 aliphatic rings. The van der Waals surface area contributed by atoms with Gasteiger partial charge in [0.25, 0.3) is 0 Å². The van der Waals surface area contributed by atoms with Gasteiger partial charge in [-0.3, -0.25) is 0 Å². The van der Waals surface area contributed by atoms with Crippen molar-refractivity contribution in [3.8, 4) is 0 Å². The molecule has 2 unspecified atom stereocenters. The molecule has 22 heavy (non-hydrogen) atoms. The lowest BCUT2D eigenvalue weighted by atomic mass is 9.69. The Morgan fingerprint density at radius 2 is 1.77 bits per heavy atom. The van der Waals surface area contributed by atoms with E-state index in [1.807, 2.05) is 18.2 Å². The van der Waals surface area contributed by atoms with Crippen LogP contribution in [0.4, 0.5) is 0 Å². The van der Waals surface area contributed by atoms with Gasteiger partial charge in [-0.15, -0.1) is 0 Å². The first-order valence-electron chi connectivity index (χ1n) is 8.59. The molecule has 122 valence electrons. The van der Waals surface area contributed by atoms with Crippen molar-refractivity contribution in [2.24, 2.45) is 5.92 Å². The molecule has 1 fully saturated rings. The van der Waals surface area contributed by atoms with E-state index < -0.39 is 5.60 Å². The van der Waals surface area contributed by atoms with Crippen molar-refractivity contribution < 1.29 is 5.11 Å². The highest BCUT2D eigenvalue weighted by atomic mass is 16.3. The largest absolute Gasteiger partial charge is 0.384 e. The highest BCUT2D eigenvalue weighted by molar-refractivity contribution is 5.55. The Bertz CT molecular complexity index is 488. The van der Waals surface area contributed by atoms with Crippen LogP contribution in [0.25, 0.3) is 6.08 Å². The van der Waals surface area contributed by atoms with E-state index in [0.717, 1.165) is 18.4 Å². The van der Waals surface area contributed by atoms with Crippen molar-refractivity contribution in [2.75, 3.05) is 14.1 Å².